The van der Waals surface area contributed by atoms with Crippen LogP contribution in [-0.4, -0.2) is 29.3 Å². The Hall–Kier alpha value is -2.82. The molecule has 3 aliphatic rings. The van der Waals surface area contributed by atoms with Crippen molar-refractivity contribution in [2.45, 2.75) is 50.0 Å². The van der Waals surface area contributed by atoms with Crippen LogP contribution in [0.5, 0.6) is 0 Å². The summed E-state index contributed by atoms with van der Waals surface area (Å²) in [5, 5.41) is 12.4. The molecular formula is C25H27NO4. The van der Waals surface area contributed by atoms with E-state index in [1.807, 2.05) is 24.3 Å². The smallest absolute Gasteiger partial charge is 0.407 e. The number of carbonyl (C=O) groups excluding carboxylic acids is 1. The van der Waals surface area contributed by atoms with Gasteiger partial charge in [-0.1, -0.05) is 67.8 Å². The van der Waals surface area contributed by atoms with Crippen LogP contribution in [0.15, 0.2) is 48.5 Å². The Balaban J connectivity index is 1.30. The van der Waals surface area contributed by atoms with Gasteiger partial charge < -0.3 is 15.2 Å². The van der Waals surface area contributed by atoms with Crippen molar-refractivity contribution in [1.82, 2.24) is 5.32 Å². The normalized spacial score (nSPS) is 26.7. The third kappa shape index (κ3) is 3.17. The Kier molecular flexibility index (Phi) is 4.76. The zero-order valence-corrected chi connectivity index (χ0v) is 17.0. The van der Waals surface area contributed by atoms with Crippen molar-refractivity contribution in [3.05, 3.63) is 59.7 Å². The molecule has 156 valence electrons. The lowest BCUT2D eigenvalue weighted by molar-refractivity contribution is -0.143. The second-order valence-corrected chi connectivity index (χ2v) is 9.03. The number of amides is 1. The fraction of sp³-hybridized carbons (Fsp3) is 0.440. The predicted molar refractivity (Wildman–Crippen MR) is 113 cm³/mol. The number of fused-ring (bicyclic) bond motifs is 4. The molecule has 0 spiro atoms. The maximum atomic E-state index is 12.8. The molecule has 5 heteroatoms. The highest BCUT2D eigenvalue weighted by Crippen LogP contribution is 2.53. The minimum absolute atomic E-state index is 0.00222. The van der Waals surface area contributed by atoms with Crippen LogP contribution in [-0.2, 0) is 9.53 Å². The monoisotopic (exact) mass is 405 g/mol. The topological polar surface area (TPSA) is 75.6 Å². The van der Waals surface area contributed by atoms with Crippen molar-refractivity contribution < 1.29 is 19.4 Å². The molecule has 3 atom stereocenters. The molecule has 0 bridgehead atoms. The number of ether oxygens (including phenoxy) is 1. The van der Waals surface area contributed by atoms with Gasteiger partial charge in [-0.2, -0.15) is 0 Å². The molecule has 2 saturated carbocycles. The van der Waals surface area contributed by atoms with Gasteiger partial charge in [0, 0.05) is 5.92 Å². The van der Waals surface area contributed by atoms with E-state index in [0.29, 0.717) is 5.92 Å². The summed E-state index contributed by atoms with van der Waals surface area (Å²) in [5.41, 5.74) is 4.06. The van der Waals surface area contributed by atoms with E-state index < -0.39 is 17.6 Å². The molecule has 0 aromatic heterocycles. The molecule has 30 heavy (non-hydrogen) atoms. The van der Waals surface area contributed by atoms with E-state index in [1.165, 1.54) is 28.7 Å². The molecule has 5 nitrogen and oxygen atoms in total. The van der Waals surface area contributed by atoms with Crippen LogP contribution in [0.4, 0.5) is 4.79 Å². The lowest BCUT2D eigenvalue weighted by Gasteiger charge is -2.57. The van der Waals surface area contributed by atoms with Gasteiger partial charge in [-0.3, -0.25) is 4.79 Å². The summed E-state index contributed by atoms with van der Waals surface area (Å²) in [7, 11) is 0. The van der Waals surface area contributed by atoms with Crippen molar-refractivity contribution in [2.24, 2.45) is 11.8 Å². The van der Waals surface area contributed by atoms with Crippen LogP contribution in [0, 0.1) is 11.8 Å². The van der Waals surface area contributed by atoms with E-state index in [-0.39, 0.29) is 24.9 Å². The average Bonchev–Trinajstić information content (AvgIpc) is 3.05. The Morgan fingerprint density at radius 1 is 1.00 bits per heavy atom. The van der Waals surface area contributed by atoms with Crippen LogP contribution in [0.1, 0.15) is 55.6 Å². The standard InChI is InChI=1S/C25H27NO4/c27-23(28)14-25(13-16-7-1-6-12-22(16)25)26-24(29)30-15-21-19-10-4-2-8-17(19)18-9-3-5-11-20(18)21/h2-5,8-11,16,21-22H,1,6-7,12-15H2,(H,26,29)(H,27,28)/t16-,22-,25?/m1/s1. The van der Waals surface area contributed by atoms with E-state index in [4.69, 9.17) is 4.74 Å². The summed E-state index contributed by atoms with van der Waals surface area (Å²) in [5.74, 6) is -0.0739. The Labute approximate surface area is 176 Å². The minimum Gasteiger partial charge on any atom is -0.481 e. The molecule has 0 aliphatic heterocycles. The summed E-state index contributed by atoms with van der Waals surface area (Å²) in [6.45, 7) is 0.247. The van der Waals surface area contributed by atoms with Gasteiger partial charge >= 0.3 is 12.1 Å². The van der Waals surface area contributed by atoms with Gasteiger partial charge in [-0.15, -0.1) is 0 Å². The quantitative estimate of drug-likeness (QED) is 0.738. The number of hydrogen-bond donors (Lipinski definition) is 2. The molecule has 2 aromatic carbocycles. The van der Waals surface area contributed by atoms with Crippen molar-refractivity contribution in [1.29, 1.82) is 0 Å². The highest BCUT2D eigenvalue weighted by Gasteiger charge is 2.56. The van der Waals surface area contributed by atoms with Crippen molar-refractivity contribution >= 4 is 12.1 Å². The van der Waals surface area contributed by atoms with Gasteiger partial charge in [-0.05, 0) is 46.9 Å². The highest BCUT2D eigenvalue weighted by atomic mass is 16.5. The lowest BCUT2D eigenvalue weighted by atomic mass is 9.53. The molecule has 0 heterocycles. The first kappa shape index (κ1) is 19.2. The van der Waals surface area contributed by atoms with Crippen LogP contribution < -0.4 is 5.32 Å². The molecule has 1 amide bonds. The average molecular weight is 405 g/mol. The predicted octanol–water partition coefficient (Wildman–Crippen LogP) is 4.95. The Bertz CT molecular complexity index is 941. The number of carboxylic acids is 1. The minimum atomic E-state index is -0.863. The van der Waals surface area contributed by atoms with E-state index in [0.717, 1.165) is 25.7 Å². The number of benzene rings is 2. The van der Waals surface area contributed by atoms with Crippen molar-refractivity contribution in [2.75, 3.05) is 6.61 Å². The van der Waals surface area contributed by atoms with Gasteiger partial charge in [0.05, 0.1) is 12.0 Å². The number of carbonyl (C=O) groups is 2. The zero-order valence-electron chi connectivity index (χ0n) is 17.0. The number of rotatable bonds is 5. The summed E-state index contributed by atoms with van der Waals surface area (Å²) in [6, 6.07) is 16.5. The lowest BCUT2D eigenvalue weighted by Crippen LogP contribution is -2.66. The van der Waals surface area contributed by atoms with E-state index in [2.05, 4.69) is 29.6 Å². The number of aliphatic carboxylic acids is 1. The summed E-state index contributed by atoms with van der Waals surface area (Å²) in [4.78, 5) is 24.3. The second-order valence-electron chi connectivity index (χ2n) is 9.03. The van der Waals surface area contributed by atoms with E-state index in [9.17, 15) is 14.7 Å². The first-order chi connectivity index (χ1) is 14.6. The van der Waals surface area contributed by atoms with Gasteiger partial charge in [0.25, 0.3) is 0 Å². The number of hydrogen-bond acceptors (Lipinski definition) is 3. The first-order valence-corrected chi connectivity index (χ1v) is 10.9. The molecule has 0 radical (unpaired) electrons. The van der Waals surface area contributed by atoms with Crippen LogP contribution >= 0.6 is 0 Å². The molecule has 2 N–H and O–H groups in total. The molecule has 2 fully saturated rings. The van der Waals surface area contributed by atoms with Gasteiger partial charge in [0.1, 0.15) is 6.61 Å². The van der Waals surface area contributed by atoms with Crippen LogP contribution in [0.25, 0.3) is 11.1 Å². The summed E-state index contributed by atoms with van der Waals surface area (Å²) < 4.78 is 5.69. The van der Waals surface area contributed by atoms with Gasteiger partial charge in [0.2, 0.25) is 0 Å². The molecular weight excluding hydrogens is 378 g/mol. The first-order valence-electron chi connectivity index (χ1n) is 10.9. The number of alkyl carbamates (subject to hydrolysis) is 1. The number of nitrogens with one attached hydrogen (secondary N) is 1. The molecule has 2 aromatic rings. The van der Waals surface area contributed by atoms with Crippen molar-refractivity contribution in [3.63, 3.8) is 0 Å². The highest BCUT2D eigenvalue weighted by molar-refractivity contribution is 5.79. The summed E-state index contributed by atoms with van der Waals surface area (Å²) in [6.07, 6.45) is 4.65. The van der Waals surface area contributed by atoms with Crippen molar-refractivity contribution in [3.8, 4) is 11.1 Å². The second kappa shape index (κ2) is 7.46. The van der Waals surface area contributed by atoms with Gasteiger partial charge in [-0.25, -0.2) is 4.79 Å². The fourth-order valence-corrected chi connectivity index (χ4v) is 6.14. The van der Waals surface area contributed by atoms with E-state index in [1.54, 1.807) is 0 Å². The third-order valence-corrected chi connectivity index (χ3v) is 7.41. The van der Waals surface area contributed by atoms with Gasteiger partial charge in [0.15, 0.2) is 0 Å². The maximum Gasteiger partial charge on any atom is 0.407 e. The fourth-order valence-electron chi connectivity index (χ4n) is 6.14. The van der Waals surface area contributed by atoms with E-state index >= 15 is 0 Å². The molecule has 0 saturated heterocycles. The number of carboxylic acid groups (broad SMARTS) is 1. The van der Waals surface area contributed by atoms with Crippen LogP contribution in [0.2, 0.25) is 0 Å². The summed E-state index contributed by atoms with van der Waals surface area (Å²) >= 11 is 0. The largest absolute Gasteiger partial charge is 0.481 e. The zero-order chi connectivity index (χ0) is 20.7. The molecule has 3 aliphatic carbocycles. The SMILES string of the molecule is O=C(O)CC1(NC(=O)OCC2c3ccccc3-c3ccccc32)C[C@H]2CCCC[C@H]21. The Morgan fingerprint density at radius 2 is 1.63 bits per heavy atom. The Morgan fingerprint density at radius 3 is 2.27 bits per heavy atom. The molecule has 1 unspecified atom stereocenters. The van der Waals surface area contributed by atoms with Crippen LogP contribution in [0.3, 0.4) is 0 Å². The molecule has 5 rings (SSSR count). The third-order valence-electron chi connectivity index (χ3n) is 7.41. The maximum absolute atomic E-state index is 12.8.